The van der Waals surface area contributed by atoms with Gasteiger partial charge in [-0.05, 0) is 24.7 Å². The molecule has 0 aliphatic heterocycles. The van der Waals surface area contributed by atoms with E-state index in [1.807, 2.05) is 0 Å². The third-order valence-corrected chi connectivity index (χ3v) is 4.96. The third kappa shape index (κ3) is 10.8. The lowest BCUT2D eigenvalue weighted by Gasteiger charge is -2.02. The highest BCUT2D eigenvalue weighted by molar-refractivity contribution is 5.66. The highest BCUT2D eigenvalue weighted by Gasteiger charge is 2.34. The van der Waals surface area contributed by atoms with Crippen LogP contribution < -0.4 is 0 Å². The predicted molar refractivity (Wildman–Crippen MR) is 89.5 cm³/mol. The average molecular weight is 296 g/mol. The fourth-order valence-corrected chi connectivity index (χ4v) is 3.42. The number of carbonyl (C=O) groups is 1. The average Bonchev–Trinajstić information content (AvgIpc) is 3.20. The van der Waals surface area contributed by atoms with Crippen molar-refractivity contribution >= 4 is 5.97 Å². The summed E-state index contributed by atoms with van der Waals surface area (Å²) in [4.78, 5) is 10.4. The van der Waals surface area contributed by atoms with E-state index in [0.717, 1.165) is 24.7 Å². The van der Waals surface area contributed by atoms with Crippen LogP contribution in [-0.4, -0.2) is 11.1 Å². The van der Waals surface area contributed by atoms with Gasteiger partial charge in [-0.25, -0.2) is 0 Å². The van der Waals surface area contributed by atoms with Gasteiger partial charge in [0.05, 0.1) is 0 Å². The van der Waals surface area contributed by atoms with E-state index >= 15 is 0 Å². The standard InChI is InChI=1S/C19H36O2/c1-2-3-4-10-13-17-16-18(17)14-11-8-6-5-7-9-12-15-19(20)21/h17-18H,2-16H2,1H3,(H,20,21)/t17-,18+/m0/s1. The first-order chi connectivity index (χ1) is 10.2. The zero-order valence-electron chi connectivity index (χ0n) is 14.1. The van der Waals surface area contributed by atoms with Gasteiger partial charge in [0.2, 0.25) is 0 Å². The molecule has 1 rings (SSSR count). The van der Waals surface area contributed by atoms with Crippen LogP contribution >= 0.6 is 0 Å². The Bertz CT molecular complexity index is 262. The monoisotopic (exact) mass is 296 g/mol. The molecule has 2 atom stereocenters. The summed E-state index contributed by atoms with van der Waals surface area (Å²) in [5.41, 5.74) is 0. The number of carboxylic acid groups (broad SMARTS) is 1. The summed E-state index contributed by atoms with van der Waals surface area (Å²) in [6.07, 6.45) is 19.1. The molecule has 0 saturated heterocycles. The van der Waals surface area contributed by atoms with Crippen LogP contribution in [0.4, 0.5) is 0 Å². The van der Waals surface area contributed by atoms with Gasteiger partial charge in [-0.2, -0.15) is 0 Å². The van der Waals surface area contributed by atoms with Gasteiger partial charge in [0, 0.05) is 6.42 Å². The lowest BCUT2D eigenvalue weighted by Crippen LogP contribution is -1.93. The molecule has 0 aromatic rings. The van der Waals surface area contributed by atoms with Gasteiger partial charge in [-0.15, -0.1) is 0 Å². The van der Waals surface area contributed by atoms with Gasteiger partial charge >= 0.3 is 5.97 Å². The predicted octanol–water partition coefficient (Wildman–Crippen LogP) is 6.19. The van der Waals surface area contributed by atoms with Crippen molar-refractivity contribution in [2.24, 2.45) is 11.8 Å². The van der Waals surface area contributed by atoms with E-state index in [1.54, 1.807) is 0 Å². The highest BCUT2D eigenvalue weighted by atomic mass is 16.4. The number of hydrogen-bond acceptors (Lipinski definition) is 1. The molecule has 0 aromatic heterocycles. The second kappa shape index (κ2) is 12.1. The maximum Gasteiger partial charge on any atom is 0.303 e. The summed E-state index contributed by atoms with van der Waals surface area (Å²) in [5.74, 6) is 1.50. The smallest absolute Gasteiger partial charge is 0.303 e. The van der Waals surface area contributed by atoms with Crippen molar-refractivity contribution < 1.29 is 9.90 Å². The minimum absolute atomic E-state index is 0.349. The molecule has 0 spiro atoms. The number of carboxylic acids is 1. The van der Waals surface area contributed by atoms with Crippen molar-refractivity contribution in [2.75, 3.05) is 0 Å². The molecule has 0 radical (unpaired) electrons. The van der Waals surface area contributed by atoms with E-state index in [-0.39, 0.29) is 0 Å². The van der Waals surface area contributed by atoms with Gasteiger partial charge < -0.3 is 5.11 Å². The number of hydrogen-bond donors (Lipinski definition) is 1. The van der Waals surface area contributed by atoms with Crippen molar-refractivity contribution in [2.45, 2.75) is 103 Å². The van der Waals surface area contributed by atoms with Gasteiger partial charge in [-0.1, -0.05) is 84.0 Å². The zero-order valence-corrected chi connectivity index (χ0v) is 14.1. The second-order valence-electron chi connectivity index (χ2n) is 7.01. The van der Waals surface area contributed by atoms with Crippen molar-refractivity contribution in [1.29, 1.82) is 0 Å². The van der Waals surface area contributed by atoms with E-state index in [4.69, 9.17) is 5.11 Å². The SMILES string of the molecule is CCCCCC[C@H]1C[C@H]1CCCCCCCCCC(=O)O. The van der Waals surface area contributed by atoms with Crippen LogP contribution in [0, 0.1) is 11.8 Å². The molecule has 124 valence electrons. The molecule has 0 bridgehead atoms. The summed E-state index contributed by atoms with van der Waals surface area (Å²) in [7, 11) is 0. The Balaban J connectivity index is 1.75. The quantitative estimate of drug-likeness (QED) is 0.366. The van der Waals surface area contributed by atoms with E-state index in [1.165, 1.54) is 77.0 Å². The Morgan fingerprint density at radius 2 is 1.29 bits per heavy atom. The molecule has 21 heavy (non-hydrogen) atoms. The summed E-state index contributed by atoms with van der Waals surface area (Å²) in [6.45, 7) is 2.28. The van der Waals surface area contributed by atoms with Gasteiger partial charge in [0.25, 0.3) is 0 Å². The van der Waals surface area contributed by atoms with Crippen LogP contribution in [0.1, 0.15) is 103 Å². The summed E-state index contributed by atoms with van der Waals surface area (Å²) in [6, 6.07) is 0. The molecule has 0 heterocycles. The first kappa shape index (κ1) is 18.5. The fraction of sp³-hybridized carbons (Fsp3) is 0.947. The molecule has 1 aliphatic carbocycles. The third-order valence-electron chi connectivity index (χ3n) is 4.96. The molecule has 0 unspecified atom stereocenters. The van der Waals surface area contributed by atoms with Crippen molar-refractivity contribution in [1.82, 2.24) is 0 Å². The van der Waals surface area contributed by atoms with E-state index in [0.29, 0.717) is 6.42 Å². The van der Waals surface area contributed by atoms with Crippen LogP contribution in [0.15, 0.2) is 0 Å². The van der Waals surface area contributed by atoms with Crippen LogP contribution in [-0.2, 0) is 4.79 Å². The molecule has 0 aromatic carbocycles. The van der Waals surface area contributed by atoms with Crippen LogP contribution in [0.3, 0.4) is 0 Å². The maximum absolute atomic E-state index is 10.4. The molecular weight excluding hydrogens is 260 g/mol. The summed E-state index contributed by atoms with van der Waals surface area (Å²) >= 11 is 0. The van der Waals surface area contributed by atoms with Gasteiger partial charge in [0.15, 0.2) is 0 Å². The topological polar surface area (TPSA) is 37.3 Å². The first-order valence-electron chi connectivity index (χ1n) is 9.45. The number of rotatable bonds is 15. The van der Waals surface area contributed by atoms with E-state index in [9.17, 15) is 4.79 Å². The zero-order chi connectivity index (χ0) is 15.3. The molecule has 2 nitrogen and oxygen atoms in total. The maximum atomic E-state index is 10.4. The molecule has 1 aliphatic rings. The minimum atomic E-state index is -0.649. The molecule has 0 amide bonds. The Hall–Kier alpha value is -0.530. The molecule has 1 N–H and O–H groups in total. The van der Waals surface area contributed by atoms with Crippen LogP contribution in [0.2, 0.25) is 0 Å². The van der Waals surface area contributed by atoms with Crippen LogP contribution in [0.25, 0.3) is 0 Å². The van der Waals surface area contributed by atoms with Crippen molar-refractivity contribution in [3.8, 4) is 0 Å². The largest absolute Gasteiger partial charge is 0.481 e. The Kier molecular flexibility index (Phi) is 10.6. The van der Waals surface area contributed by atoms with Crippen molar-refractivity contribution in [3.63, 3.8) is 0 Å². The lowest BCUT2D eigenvalue weighted by molar-refractivity contribution is -0.137. The Labute approximate surface area is 131 Å². The summed E-state index contributed by atoms with van der Waals surface area (Å²) in [5, 5.41) is 8.55. The summed E-state index contributed by atoms with van der Waals surface area (Å²) < 4.78 is 0. The second-order valence-corrected chi connectivity index (χ2v) is 7.01. The molecule has 1 saturated carbocycles. The molecule has 1 fully saturated rings. The minimum Gasteiger partial charge on any atom is -0.481 e. The number of unbranched alkanes of at least 4 members (excludes halogenated alkanes) is 9. The van der Waals surface area contributed by atoms with E-state index < -0.39 is 5.97 Å². The molecule has 2 heteroatoms. The van der Waals surface area contributed by atoms with Crippen LogP contribution in [0.5, 0.6) is 0 Å². The lowest BCUT2D eigenvalue weighted by atomic mass is 10.0. The van der Waals surface area contributed by atoms with Gasteiger partial charge in [0.1, 0.15) is 0 Å². The Morgan fingerprint density at radius 3 is 1.81 bits per heavy atom. The highest BCUT2D eigenvalue weighted by Crippen LogP contribution is 2.45. The first-order valence-corrected chi connectivity index (χ1v) is 9.45. The normalized spacial score (nSPS) is 20.6. The van der Waals surface area contributed by atoms with Crippen molar-refractivity contribution in [3.05, 3.63) is 0 Å². The number of aliphatic carboxylic acids is 1. The van der Waals surface area contributed by atoms with E-state index in [2.05, 4.69) is 6.92 Å². The Morgan fingerprint density at radius 1 is 0.810 bits per heavy atom. The molecular formula is C19H36O2. The fourth-order valence-electron chi connectivity index (χ4n) is 3.42. The van der Waals surface area contributed by atoms with Gasteiger partial charge in [-0.3, -0.25) is 4.79 Å².